The smallest absolute Gasteiger partial charge is 0.171 e. The summed E-state index contributed by atoms with van der Waals surface area (Å²) in [6, 6.07) is 8.52. The van der Waals surface area contributed by atoms with E-state index in [2.05, 4.69) is 36.2 Å². The van der Waals surface area contributed by atoms with Crippen LogP contribution in [0.25, 0.3) is 19.6 Å². The molecule has 3 heterocycles. The van der Waals surface area contributed by atoms with E-state index in [0.29, 0.717) is 0 Å². The number of carbonyl (C=O) groups is 1. The number of nitrogens with zero attached hydrogens (tertiary/aromatic N) is 1. The van der Waals surface area contributed by atoms with Crippen LogP contribution in [-0.4, -0.2) is 10.8 Å². The second-order valence-electron chi connectivity index (χ2n) is 4.56. The largest absolute Gasteiger partial charge is 0.294 e. The maximum absolute atomic E-state index is 11.5. The summed E-state index contributed by atoms with van der Waals surface area (Å²) in [5, 5.41) is 0.942. The highest BCUT2D eigenvalue weighted by molar-refractivity contribution is 7.26. The molecule has 102 valence electrons. The van der Waals surface area contributed by atoms with E-state index in [9.17, 15) is 4.79 Å². The van der Waals surface area contributed by atoms with E-state index in [1.165, 1.54) is 26.0 Å². The molecule has 0 aliphatic carbocycles. The topological polar surface area (TPSA) is 30.0 Å². The van der Waals surface area contributed by atoms with Crippen LogP contribution in [0.4, 0.5) is 0 Å². The minimum atomic E-state index is 0.0944. The molecule has 3 aromatic rings. The second-order valence-corrected chi connectivity index (χ2v) is 7.93. The molecule has 5 heteroatoms. The van der Waals surface area contributed by atoms with E-state index in [0.717, 1.165) is 20.5 Å². The molecule has 0 radical (unpaired) electrons. The first kappa shape index (κ1) is 13.7. The lowest BCUT2D eigenvalue weighted by Crippen LogP contribution is -1.89. The number of hydrogen-bond acceptors (Lipinski definition) is 5. The van der Waals surface area contributed by atoms with Crippen molar-refractivity contribution in [2.75, 3.05) is 0 Å². The molecule has 0 fully saturated rings. The van der Waals surface area contributed by atoms with Crippen LogP contribution in [0.15, 0.2) is 24.3 Å². The van der Waals surface area contributed by atoms with Crippen LogP contribution in [0.3, 0.4) is 0 Å². The highest BCUT2D eigenvalue weighted by Gasteiger charge is 2.14. The molecule has 0 unspecified atom stereocenters. The normalized spacial score (nSPS) is 10.9. The molecule has 0 bridgehead atoms. The molecule has 0 spiro atoms. The number of thiazole rings is 1. The van der Waals surface area contributed by atoms with Gasteiger partial charge in [0.15, 0.2) is 5.78 Å². The number of carbonyl (C=O) groups excluding carboxylic acids is 1. The van der Waals surface area contributed by atoms with Crippen LogP contribution in [0.2, 0.25) is 0 Å². The van der Waals surface area contributed by atoms with Crippen LogP contribution >= 0.6 is 34.0 Å². The third-order valence-corrected chi connectivity index (χ3v) is 6.63. The number of thiophene rings is 2. The van der Waals surface area contributed by atoms with Gasteiger partial charge >= 0.3 is 0 Å². The number of rotatable bonds is 3. The van der Waals surface area contributed by atoms with E-state index in [1.54, 1.807) is 29.6 Å². The van der Waals surface area contributed by atoms with Crippen LogP contribution in [0.5, 0.6) is 0 Å². The zero-order valence-electron chi connectivity index (χ0n) is 11.4. The van der Waals surface area contributed by atoms with Crippen molar-refractivity contribution in [1.82, 2.24) is 4.98 Å². The predicted molar refractivity (Wildman–Crippen MR) is 88.2 cm³/mol. The number of ketones is 1. The van der Waals surface area contributed by atoms with Gasteiger partial charge in [0.25, 0.3) is 0 Å². The Bertz CT molecular complexity index is 779. The summed E-state index contributed by atoms with van der Waals surface area (Å²) in [6.07, 6.45) is 0. The molecule has 0 amide bonds. The summed E-state index contributed by atoms with van der Waals surface area (Å²) in [5.74, 6) is 0.0944. The molecule has 3 rings (SSSR count). The molecule has 0 aromatic carbocycles. The molecule has 0 saturated carbocycles. The molecule has 3 aromatic heterocycles. The Labute approximate surface area is 129 Å². The van der Waals surface area contributed by atoms with Gasteiger partial charge in [-0.2, -0.15) is 0 Å². The van der Waals surface area contributed by atoms with E-state index in [1.807, 2.05) is 6.92 Å². The number of Topliss-reactive ketones (excluding diaryl/α,β-unsaturated/α-hetero) is 1. The van der Waals surface area contributed by atoms with Gasteiger partial charge in [0.1, 0.15) is 5.01 Å². The van der Waals surface area contributed by atoms with E-state index < -0.39 is 0 Å². The molecule has 0 saturated heterocycles. The highest BCUT2D eigenvalue weighted by atomic mass is 32.1. The molecule has 0 N–H and O–H groups in total. The second kappa shape index (κ2) is 5.24. The Balaban J connectivity index is 1.98. The Kier molecular flexibility index (Phi) is 3.58. The van der Waals surface area contributed by atoms with Crippen molar-refractivity contribution in [3.05, 3.63) is 39.7 Å². The Morgan fingerprint density at radius 2 is 1.60 bits per heavy atom. The van der Waals surface area contributed by atoms with Crippen molar-refractivity contribution in [2.45, 2.75) is 20.8 Å². The van der Waals surface area contributed by atoms with Crippen molar-refractivity contribution in [3.8, 4) is 19.6 Å². The van der Waals surface area contributed by atoms with E-state index >= 15 is 0 Å². The Morgan fingerprint density at radius 3 is 2.20 bits per heavy atom. The summed E-state index contributed by atoms with van der Waals surface area (Å²) in [5.41, 5.74) is 0.833. The lowest BCUT2D eigenvalue weighted by atomic mass is 10.3. The van der Waals surface area contributed by atoms with Gasteiger partial charge in [-0.1, -0.05) is 0 Å². The van der Waals surface area contributed by atoms with E-state index in [4.69, 9.17) is 0 Å². The van der Waals surface area contributed by atoms with Crippen LogP contribution in [0.1, 0.15) is 27.2 Å². The number of hydrogen-bond donors (Lipinski definition) is 0. The van der Waals surface area contributed by atoms with Gasteiger partial charge in [-0.05, 0) is 38.1 Å². The van der Waals surface area contributed by atoms with Crippen molar-refractivity contribution in [1.29, 1.82) is 0 Å². The summed E-state index contributed by atoms with van der Waals surface area (Å²) in [7, 11) is 0. The maximum Gasteiger partial charge on any atom is 0.171 e. The molecule has 20 heavy (non-hydrogen) atoms. The molecular formula is C15H13NOS3. The van der Waals surface area contributed by atoms with Gasteiger partial charge in [-0.3, -0.25) is 4.79 Å². The van der Waals surface area contributed by atoms with Crippen molar-refractivity contribution < 1.29 is 4.79 Å². The average Bonchev–Trinajstić information content (AvgIpc) is 3.06. The van der Waals surface area contributed by atoms with Gasteiger partial charge < -0.3 is 0 Å². The molecule has 0 aliphatic rings. The minimum absolute atomic E-state index is 0.0944. The first-order chi connectivity index (χ1) is 9.54. The predicted octanol–water partition coefficient (Wildman–Crippen LogP) is 5.42. The monoisotopic (exact) mass is 319 g/mol. The van der Waals surface area contributed by atoms with Crippen molar-refractivity contribution in [2.24, 2.45) is 0 Å². The van der Waals surface area contributed by atoms with Crippen LogP contribution in [0, 0.1) is 13.8 Å². The van der Waals surface area contributed by atoms with Gasteiger partial charge in [-0.25, -0.2) is 4.98 Å². The molecule has 0 aliphatic heterocycles. The standard InChI is InChI=1S/C15H13NOS3/c1-8-4-5-11(18-8)12-6-7-13(19-12)15-16-9(2)14(20-15)10(3)17/h4-7H,1-3H3. The molecule has 0 atom stereocenters. The van der Waals surface area contributed by atoms with Crippen LogP contribution in [-0.2, 0) is 0 Å². The lowest BCUT2D eigenvalue weighted by molar-refractivity contribution is 0.102. The fourth-order valence-corrected chi connectivity index (χ4v) is 4.96. The maximum atomic E-state index is 11.5. The lowest BCUT2D eigenvalue weighted by Gasteiger charge is -1.89. The summed E-state index contributed by atoms with van der Waals surface area (Å²) >= 11 is 5.02. The van der Waals surface area contributed by atoms with Gasteiger partial charge in [-0.15, -0.1) is 34.0 Å². The highest BCUT2D eigenvalue weighted by Crippen LogP contribution is 2.39. The van der Waals surface area contributed by atoms with Gasteiger partial charge in [0, 0.05) is 21.6 Å². The van der Waals surface area contributed by atoms with E-state index in [-0.39, 0.29) is 5.78 Å². The summed E-state index contributed by atoms with van der Waals surface area (Å²) in [6.45, 7) is 5.61. The first-order valence-corrected chi connectivity index (χ1v) is 8.65. The first-order valence-electron chi connectivity index (χ1n) is 6.20. The number of aromatic nitrogens is 1. The average molecular weight is 319 g/mol. The Morgan fingerprint density at radius 1 is 0.950 bits per heavy atom. The van der Waals surface area contributed by atoms with Gasteiger partial charge in [0.2, 0.25) is 0 Å². The SMILES string of the molecule is CC(=O)c1sc(-c2ccc(-c3ccc(C)s3)s2)nc1C. The molecule has 2 nitrogen and oxygen atoms in total. The Hall–Kier alpha value is -1.30. The third-order valence-electron chi connectivity index (χ3n) is 2.92. The quantitative estimate of drug-likeness (QED) is 0.603. The summed E-state index contributed by atoms with van der Waals surface area (Å²) < 4.78 is 0. The zero-order chi connectivity index (χ0) is 14.3. The number of aryl methyl sites for hydroxylation is 2. The minimum Gasteiger partial charge on any atom is -0.294 e. The fourth-order valence-electron chi connectivity index (χ4n) is 1.98. The fraction of sp³-hybridized carbons (Fsp3) is 0.200. The van der Waals surface area contributed by atoms with Crippen molar-refractivity contribution in [3.63, 3.8) is 0 Å². The summed E-state index contributed by atoms with van der Waals surface area (Å²) in [4.78, 5) is 21.8. The molecular weight excluding hydrogens is 306 g/mol. The van der Waals surface area contributed by atoms with Gasteiger partial charge in [0.05, 0.1) is 15.4 Å². The van der Waals surface area contributed by atoms with Crippen molar-refractivity contribution >= 4 is 39.8 Å². The van der Waals surface area contributed by atoms with Crippen LogP contribution < -0.4 is 0 Å². The third kappa shape index (κ3) is 2.49. The zero-order valence-corrected chi connectivity index (χ0v) is 13.8.